The molecule has 0 radical (unpaired) electrons. The molecule has 2 N–H and O–H groups in total. The Morgan fingerprint density at radius 2 is 1.88 bits per heavy atom. The van der Waals surface area contributed by atoms with E-state index >= 15 is 0 Å². The van der Waals surface area contributed by atoms with Crippen molar-refractivity contribution in [1.29, 1.82) is 0 Å². The van der Waals surface area contributed by atoms with Gasteiger partial charge in [0.2, 0.25) is 11.6 Å². The highest BCUT2D eigenvalue weighted by atomic mass is 32.2. The van der Waals surface area contributed by atoms with Gasteiger partial charge in [-0.25, -0.2) is 4.79 Å². The summed E-state index contributed by atoms with van der Waals surface area (Å²) >= 11 is 1.19. The number of thioether (sulfide) groups is 1. The first-order valence-corrected chi connectivity index (χ1v) is 9.20. The summed E-state index contributed by atoms with van der Waals surface area (Å²) in [6.45, 7) is 3.85. The van der Waals surface area contributed by atoms with Gasteiger partial charge in [0, 0.05) is 17.8 Å². The average Bonchev–Trinajstić information content (AvgIpc) is 3.02. The maximum Gasteiger partial charge on any atom is 0.442 e. The number of nitrogens with one attached hydrogen (secondary N) is 2. The van der Waals surface area contributed by atoms with Crippen LogP contribution in [0.4, 0.5) is 5.69 Å². The number of hydrogen-bond acceptors (Lipinski definition) is 4. The number of rotatable bonds is 6. The van der Waals surface area contributed by atoms with Gasteiger partial charge in [-0.2, -0.15) is 0 Å². The summed E-state index contributed by atoms with van der Waals surface area (Å²) in [5, 5.41) is 5.44. The van der Waals surface area contributed by atoms with E-state index in [1.807, 2.05) is 68.4 Å². The number of aryl methyl sites for hydroxylation is 1. The first kappa shape index (κ1) is 18.0. The zero-order valence-corrected chi connectivity index (χ0v) is 15.4. The summed E-state index contributed by atoms with van der Waals surface area (Å²) in [7, 11) is 0. The molecule has 1 unspecified atom stereocenters. The van der Waals surface area contributed by atoms with Crippen molar-refractivity contribution >= 4 is 23.4 Å². The summed E-state index contributed by atoms with van der Waals surface area (Å²) in [5.74, 6) is -0.146. The second-order valence-corrected chi connectivity index (χ2v) is 6.97. The summed E-state index contributed by atoms with van der Waals surface area (Å²) < 4.78 is 6.49. The van der Waals surface area contributed by atoms with Gasteiger partial charge in [-0.05, 0) is 46.7 Å². The van der Waals surface area contributed by atoms with Gasteiger partial charge < -0.3 is 5.32 Å². The predicted octanol–water partition coefficient (Wildman–Crippen LogP) is 3.06. The molecule has 1 heterocycles. The molecular weight excluding hydrogens is 350 g/mol. The minimum absolute atomic E-state index is 0.146. The number of anilines is 1. The van der Waals surface area contributed by atoms with Crippen LogP contribution in [0.5, 0.6) is 0 Å². The average molecular weight is 370 g/mol. The van der Waals surface area contributed by atoms with Crippen LogP contribution in [0.3, 0.4) is 0 Å². The Morgan fingerprint density at radius 3 is 2.58 bits per heavy atom. The minimum Gasteiger partial charge on any atom is -0.325 e. The maximum atomic E-state index is 12.7. The van der Waals surface area contributed by atoms with Crippen LogP contribution in [-0.4, -0.2) is 16.4 Å². The van der Waals surface area contributed by atoms with Crippen LogP contribution in [-0.2, 0) is 4.79 Å². The second kappa shape index (κ2) is 8.05. The molecule has 0 saturated carbocycles. The van der Waals surface area contributed by atoms with Crippen molar-refractivity contribution in [2.24, 2.45) is 0 Å². The summed E-state index contributed by atoms with van der Waals surface area (Å²) in [5.41, 5.74) is 2.02. The Hall–Kier alpha value is -2.80. The minimum atomic E-state index is -0.499. The predicted molar refractivity (Wildman–Crippen MR) is 101 cm³/mol. The molecule has 3 rings (SSSR count). The van der Waals surface area contributed by atoms with Crippen LogP contribution in [0.1, 0.15) is 18.9 Å². The number of carbonyl (C=O) groups is 1. The Balaban J connectivity index is 1.83. The van der Waals surface area contributed by atoms with Crippen molar-refractivity contribution in [3.63, 3.8) is 0 Å². The molecule has 6 nitrogen and oxygen atoms in total. The molecule has 134 valence electrons. The van der Waals surface area contributed by atoms with Gasteiger partial charge in [0.15, 0.2) is 0 Å². The van der Waals surface area contributed by atoms with Gasteiger partial charge in [0.1, 0.15) is 0 Å². The van der Waals surface area contributed by atoms with E-state index in [4.69, 9.17) is 4.52 Å². The first-order valence-electron chi connectivity index (χ1n) is 8.32. The van der Waals surface area contributed by atoms with Crippen molar-refractivity contribution in [3.8, 4) is 5.69 Å². The molecule has 0 bridgehead atoms. The van der Waals surface area contributed by atoms with Crippen LogP contribution in [0.15, 0.2) is 68.9 Å². The summed E-state index contributed by atoms with van der Waals surface area (Å²) in [6.07, 6.45) is 0.571. The number of hydrogen-bond donors (Lipinski definition) is 2. The van der Waals surface area contributed by atoms with Gasteiger partial charge in [-0.3, -0.25) is 9.32 Å². The smallest absolute Gasteiger partial charge is 0.325 e. The maximum absolute atomic E-state index is 12.7. The lowest BCUT2D eigenvalue weighted by atomic mass is 10.2. The van der Waals surface area contributed by atoms with E-state index in [0.29, 0.717) is 11.4 Å². The summed E-state index contributed by atoms with van der Waals surface area (Å²) in [4.78, 5) is 24.8. The molecule has 3 aromatic rings. The van der Waals surface area contributed by atoms with E-state index in [1.54, 1.807) is 4.68 Å². The fourth-order valence-electron chi connectivity index (χ4n) is 2.49. The molecule has 2 aromatic carbocycles. The van der Waals surface area contributed by atoms with Crippen molar-refractivity contribution in [3.05, 3.63) is 70.6 Å². The number of H-pyrrole nitrogens is 1. The van der Waals surface area contributed by atoms with Gasteiger partial charge in [-0.1, -0.05) is 43.3 Å². The third-order valence-corrected chi connectivity index (χ3v) is 5.35. The van der Waals surface area contributed by atoms with E-state index in [2.05, 4.69) is 10.6 Å². The molecule has 1 amide bonds. The molecule has 0 spiro atoms. The highest BCUT2D eigenvalue weighted by Gasteiger charge is 2.30. The Morgan fingerprint density at radius 1 is 1.19 bits per heavy atom. The van der Waals surface area contributed by atoms with Crippen LogP contribution in [0.25, 0.3) is 5.69 Å². The third-order valence-electron chi connectivity index (χ3n) is 3.94. The van der Waals surface area contributed by atoms with Gasteiger partial charge in [0.05, 0.1) is 5.25 Å². The lowest BCUT2D eigenvalue weighted by molar-refractivity contribution is -0.704. The SMILES string of the molecule is CCC(Sc1c(=O)o[nH][n+]1-c1ccccc1)C(=O)Nc1ccccc1C. The fourth-order valence-corrected chi connectivity index (χ4v) is 3.48. The van der Waals surface area contributed by atoms with Crippen molar-refractivity contribution in [1.82, 2.24) is 5.27 Å². The second-order valence-electron chi connectivity index (χ2n) is 5.78. The molecule has 0 fully saturated rings. The van der Waals surface area contributed by atoms with Crippen molar-refractivity contribution in [2.45, 2.75) is 30.5 Å². The third kappa shape index (κ3) is 3.88. The van der Waals surface area contributed by atoms with Gasteiger partial charge in [0.25, 0.3) is 0 Å². The number of para-hydroxylation sites is 2. The standard InChI is InChI=1S/C19H19N3O3S/c1-3-16(17(23)20-15-12-8-7-9-13(15)2)26-18-19(24)25-21-22(18)14-10-5-4-6-11-14/h4-12,16H,3H2,1-2H3,(H-,20,21,23,24)/p+1. The normalized spacial score (nSPS) is 11.9. The molecule has 1 aromatic heterocycles. The monoisotopic (exact) mass is 370 g/mol. The topological polar surface area (TPSA) is 79.0 Å². The Kier molecular flexibility index (Phi) is 5.58. The van der Waals surface area contributed by atoms with Crippen LogP contribution >= 0.6 is 11.8 Å². The first-order chi connectivity index (χ1) is 12.6. The lowest BCUT2D eigenvalue weighted by Crippen LogP contribution is -2.37. The van der Waals surface area contributed by atoms with Gasteiger partial charge in [-0.15, -0.1) is 0 Å². The molecular formula is C19H20N3O3S+. The highest BCUT2D eigenvalue weighted by Crippen LogP contribution is 2.23. The fraction of sp³-hybridized carbons (Fsp3) is 0.211. The van der Waals surface area contributed by atoms with Crippen molar-refractivity contribution < 1.29 is 14.0 Å². The largest absolute Gasteiger partial charge is 0.442 e. The Labute approximate surface area is 155 Å². The lowest BCUT2D eigenvalue weighted by Gasteiger charge is -2.13. The number of aromatic amines is 1. The van der Waals surface area contributed by atoms with Crippen LogP contribution in [0.2, 0.25) is 0 Å². The number of aromatic nitrogens is 2. The molecule has 7 heteroatoms. The molecule has 1 atom stereocenters. The zero-order chi connectivity index (χ0) is 18.5. The highest BCUT2D eigenvalue weighted by molar-refractivity contribution is 8.00. The quantitative estimate of drug-likeness (QED) is 0.516. The number of nitrogens with zero attached hydrogens (tertiary/aromatic N) is 1. The van der Waals surface area contributed by atoms with Crippen molar-refractivity contribution in [2.75, 3.05) is 5.32 Å². The van der Waals surface area contributed by atoms with Crippen LogP contribution < -0.4 is 15.6 Å². The van der Waals surface area contributed by atoms with E-state index in [9.17, 15) is 9.59 Å². The number of amides is 1. The van der Waals surface area contributed by atoms with E-state index in [1.165, 1.54) is 11.8 Å². The van der Waals surface area contributed by atoms with E-state index in [0.717, 1.165) is 16.9 Å². The zero-order valence-electron chi connectivity index (χ0n) is 14.6. The molecule has 26 heavy (non-hydrogen) atoms. The Bertz CT molecular complexity index is 950. The van der Waals surface area contributed by atoms with E-state index in [-0.39, 0.29) is 5.91 Å². The molecule has 0 aliphatic carbocycles. The summed E-state index contributed by atoms with van der Waals surface area (Å²) in [6, 6.07) is 16.9. The molecule has 0 saturated heterocycles. The number of carbonyl (C=O) groups excluding carboxylic acids is 1. The van der Waals surface area contributed by atoms with Gasteiger partial charge >= 0.3 is 10.7 Å². The molecule has 0 aliphatic heterocycles. The number of benzene rings is 2. The molecule has 0 aliphatic rings. The van der Waals surface area contributed by atoms with E-state index < -0.39 is 10.9 Å². The van der Waals surface area contributed by atoms with Crippen LogP contribution in [0, 0.1) is 6.92 Å².